The molecule has 0 bridgehead atoms. The van der Waals surface area contributed by atoms with Crippen molar-refractivity contribution in [1.29, 1.82) is 0 Å². The Morgan fingerprint density at radius 2 is 1.00 bits per heavy atom. The van der Waals surface area contributed by atoms with Gasteiger partial charge < -0.3 is 28.8 Å². The van der Waals surface area contributed by atoms with E-state index >= 15 is 0 Å². The molecule has 0 rings (SSSR count). The third-order valence-electron chi connectivity index (χ3n) is 10.0. The van der Waals surface area contributed by atoms with Gasteiger partial charge in [0, 0.05) is 6.42 Å². The molecule has 0 aliphatic heterocycles. The van der Waals surface area contributed by atoms with E-state index < -0.39 is 20.0 Å². The third kappa shape index (κ3) is 45.3. The maximum Gasteiger partial charge on any atom is 0.268 e. The molecule has 0 saturated heterocycles. The predicted molar refractivity (Wildman–Crippen MR) is 260 cm³/mol. The monoisotopic (exact) mass is 871 g/mol. The van der Waals surface area contributed by atoms with Crippen molar-refractivity contribution in [1.82, 2.24) is 5.32 Å². The van der Waals surface area contributed by atoms with E-state index in [0.29, 0.717) is 17.4 Å². The molecule has 3 atom stereocenters. The molecule has 1 amide bonds. The fourth-order valence-corrected chi connectivity index (χ4v) is 6.97. The van der Waals surface area contributed by atoms with Crippen LogP contribution >= 0.6 is 7.82 Å². The third-order valence-corrected chi connectivity index (χ3v) is 11.0. The molecule has 0 aromatic heterocycles. The summed E-state index contributed by atoms with van der Waals surface area (Å²) in [5, 5.41) is 13.6. The number of aliphatic hydroxyl groups excluding tert-OH is 1. The molecule has 2 N–H and O–H groups in total. The Morgan fingerprint density at radius 1 is 0.590 bits per heavy atom. The first kappa shape index (κ1) is 58.4. The Bertz CT molecular complexity index is 1310. The van der Waals surface area contributed by atoms with Crippen LogP contribution in [0.3, 0.4) is 0 Å². The van der Waals surface area contributed by atoms with Crippen LogP contribution in [0.15, 0.2) is 97.2 Å². The summed E-state index contributed by atoms with van der Waals surface area (Å²) in [6.45, 7) is 4.42. The number of phosphoric acid groups is 1. The molecule has 0 fully saturated rings. The molecule has 0 spiro atoms. The molecule has 0 saturated carbocycles. The quantitative estimate of drug-likeness (QED) is 0.0274. The zero-order chi connectivity index (χ0) is 45.0. The lowest BCUT2D eigenvalue weighted by atomic mass is 10.0. The number of carbonyl (C=O) groups excluding carboxylic acids is 1. The van der Waals surface area contributed by atoms with Gasteiger partial charge in [0.15, 0.2) is 0 Å². The summed E-state index contributed by atoms with van der Waals surface area (Å²) >= 11 is 0. The van der Waals surface area contributed by atoms with E-state index in [1.807, 2.05) is 27.2 Å². The second-order valence-corrected chi connectivity index (χ2v) is 18.5. The highest BCUT2D eigenvalue weighted by molar-refractivity contribution is 7.45. The van der Waals surface area contributed by atoms with Crippen LogP contribution in [0.25, 0.3) is 0 Å². The first-order valence-electron chi connectivity index (χ1n) is 24.1. The minimum absolute atomic E-state index is 0.00668. The number of phosphoric ester groups is 1. The summed E-state index contributed by atoms with van der Waals surface area (Å²) in [6.07, 6.45) is 60.8. The van der Waals surface area contributed by atoms with Gasteiger partial charge in [-0.3, -0.25) is 9.36 Å². The average molecular weight is 871 g/mol. The summed E-state index contributed by atoms with van der Waals surface area (Å²) in [5.74, 6) is -0.212. The number of amides is 1. The number of nitrogens with zero attached hydrogens (tertiary/aromatic N) is 1. The number of nitrogens with one attached hydrogen (secondary N) is 1. The zero-order valence-corrected chi connectivity index (χ0v) is 40.5. The smallest absolute Gasteiger partial charge is 0.268 e. The molecule has 0 aromatic carbocycles. The molecule has 0 aliphatic rings. The van der Waals surface area contributed by atoms with Crippen molar-refractivity contribution in [3.63, 3.8) is 0 Å². The van der Waals surface area contributed by atoms with Gasteiger partial charge in [-0.2, -0.15) is 0 Å². The topological polar surface area (TPSA) is 108 Å². The molecular weight excluding hydrogens is 780 g/mol. The fraction of sp³-hybridized carbons (Fsp3) is 0.673. The molecular formula is C52H91N2O6P. The summed E-state index contributed by atoms with van der Waals surface area (Å²) in [5.41, 5.74) is 0. The minimum Gasteiger partial charge on any atom is -0.756 e. The van der Waals surface area contributed by atoms with Gasteiger partial charge in [-0.25, -0.2) is 0 Å². The molecule has 0 heterocycles. The number of rotatable bonds is 42. The van der Waals surface area contributed by atoms with Crippen molar-refractivity contribution < 1.29 is 32.9 Å². The van der Waals surface area contributed by atoms with Gasteiger partial charge in [-0.05, 0) is 77.0 Å². The average Bonchev–Trinajstić information content (AvgIpc) is 3.21. The molecule has 9 heteroatoms. The first-order chi connectivity index (χ1) is 29.5. The van der Waals surface area contributed by atoms with E-state index in [4.69, 9.17) is 9.05 Å². The van der Waals surface area contributed by atoms with Gasteiger partial charge in [0.2, 0.25) is 5.91 Å². The number of hydrogen-bond donors (Lipinski definition) is 2. The SMILES string of the molecule is CC/C=C\C/C=C\C/C=C\C/C=C\C/C=C\C/C=C\C/C=C\CCCCCCCCCCCCCC(=O)NC(COP(=O)([O-])OCC[N+](C)(C)C)C(O)/C=C/CCCCCC. The second-order valence-electron chi connectivity index (χ2n) is 17.1. The second kappa shape index (κ2) is 42.7. The van der Waals surface area contributed by atoms with Crippen LogP contribution in [0, 0.1) is 0 Å². The van der Waals surface area contributed by atoms with E-state index in [1.165, 1.54) is 64.2 Å². The van der Waals surface area contributed by atoms with Crippen LogP contribution in [-0.2, 0) is 18.4 Å². The van der Waals surface area contributed by atoms with Crippen LogP contribution in [-0.4, -0.2) is 68.5 Å². The van der Waals surface area contributed by atoms with Crippen molar-refractivity contribution in [2.45, 2.75) is 187 Å². The van der Waals surface area contributed by atoms with Gasteiger partial charge in [-0.1, -0.05) is 188 Å². The Kier molecular flexibility index (Phi) is 40.9. The van der Waals surface area contributed by atoms with Gasteiger partial charge in [0.05, 0.1) is 39.9 Å². The van der Waals surface area contributed by atoms with E-state index in [-0.39, 0.29) is 19.1 Å². The molecule has 0 radical (unpaired) electrons. The van der Waals surface area contributed by atoms with Gasteiger partial charge in [-0.15, -0.1) is 0 Å². The summed E-state index contributed by atoms with van der Waals surface area (Å²) in [6, 6.07) is -0.890. The Balaban J connectivity index is 4.00. The summed E-state index contributed by atoms with van der Waals surface area (Å²) < 4.78 is 23.0. The highest BCUT2D eigenvalue weighted by Crippen LogP contribution is 2.38. The maximum absolute atomic E-state index is 12.8. The molecule has 3 unspecified atom stereocenters. The predicted octanol–water partition coefficient (Wildman–Crippen LogP) is 13.3. The van der Waals surface area contributed by atoms with Gasteiger partial charge in [0.25, 0.3) is 7.82 Å². The van der Waals surface area contributed by atoms with Crippen molar-refractivity contribution >= 4 is 13.7 Å². The number of carbonyl (C=O) groups is 1. The van der Waals surface area contributed by atoms with E-state index in [1.54, 1.807) is 6.08 Å². The Hall–Kier alpha value is -2.58. The minimum atomic E-state index is -4.58. The lowest BCUT2D eigenvalue weighted by molar-refractivity contribution is -0.870. The van der Waals surface area contributed by atoms with Crippen LogP contribution in [0.5, 0.6) is 0 Å². The van der Waals surface area contributed by atoms with Gasteiger partial charge >= 0.3 is 0 Å². The van der Waals surface area contributed by atoms with Crippen molar-refractivity contribution in [3.8, 4) is 0 Å². The van der Waals surface area contributed by atoms with Crippen molar-refractivity contribution in [2.24, 2.45) is 0 Å². The van der Waals surface area contributed by atoms with Crippen LogP contribution in [0.4, 0.5) is 0 Å². The van der Waals surface area contributed by atoms with Crippen molar-refractivity contribution in [2.75, 3.05) is 40.9 Å². The van der Waals surface area contributed by atoms with Crippen LogP contribution in [0.2, 0.25) is 0 Å². The highest BCUT2D eigenvalue weighted by Gasteiger charge is 2.23. The standard InChI is InChI=1S/C52H91N2O6P/c1-6-8-10-12-14-15-16-17-18-19-20-21-22-23-24-25-26-27-28-29-30-31-32-33-34-35-36-37-38-39-40-42-44-46-52(56)53-50(51(55)45-43-41-13-11-9-7-2)49-60-61(57,58)59-48-47-54(3,4)5/h8,10,14-15,17-18,20-21,23-24,26-27,29-30,43,45,50-51,55H,6-7,9,11-13,16,19,22,25,28,31-42,44,46-49H2,1-5H3,(H-,53,56,57,58)/b10-8-,15-14-,18-17-,21-20-,24-23-,27-26-,30-29-,45-43+. The molecule has 0 aromatic rings. The number of aliphatic hydroxyl groups is 1. The molecule has 8 nitrogen and oxygen atoms in total. The highest BCUT2D eigenvalue weighted by atomic mass is 31.2. The summed E-state index contributed by atoms with van der Waals surface area (Å²) in [4.78, 5) is 25.2. The van der Waals surface area contributed by atoms with E-state index in [9.17, 15) is 19.4 Å². The van der Waals surface area contributed by atoms with Crippen molar-refractivity contribution in [3.05, 3.63) is 97.2 Å². The largest absolute Gasteiger partial charge is 0.756 e. The Morgan fingerprint density at radius 3 is 1.46 bits per heavy atom. The van der Waals surface area contributed by atoms with E-state index in [0.717, 1.165) is 89.9 Å². The molecule has 350 valence electrons. The lowest BCUT2D eigenvalue weighted by Crippen LogP contribution is -2.45. The maximum atomic E-state index is 12.8. The number of allylic oxidation sites excluding steroid dienone is 15. The first-order valence-corrected chi connectivity index (χ1v) is 25.6. The van der Waals surface area contributed by atoms with Crippen LogP contribution in [0.1, 0.15) is 174 Å². The summed E-state index contributed by atoms with van der Waals surface area (Å²) in [7, 11) is 1.24. The fourth-order valence-electron chi connectivity index (χ4n) is 6.25. The Labute approximate surface area is 375 Å². The normalized spacial score (nSPS) is 15.1. The van der Waals surface area contributed by atoms with E-state index in [2.05, 4.69) is 104 Å². The number of quaternary nitrogens is 1. The van der Waals surface area contributed by atoms with Crippen LogP contribution < -0.4 is 10.2 Å². The number of likely N-dealkylation sites (N-methyl/N-ethyl adjacent to an activating group) is 1. The molecule has 0 aliphatic carbocycles. The zero-order valence-electron chi connectivity index (χ0n) is 39.6. The number of unbranched alkanes of at least 4 members (excludes halogenated alkanes) is 15. The lowest BCUT2D eigenvalue weighted by Gasteiger charge is -2.29. The van der Waals surface area contributed by atoms with Gasteiger partial charge in [0.1, 0.15) is 13.2 Å². The molecule has 61 heavy (non-hydrogen) atoms. The number of hydrogen-bond acceptors (Lipinski definition) is 6.